The fourth-order valence-electron chi connectivity index (χ4n) is 5.60. The van der Waals surface area contributed by atoms with Gasteiger partial charge in [-0.1, -0.05) is 19.4 Å². The molecule has 2 fully saturated rings. The first-order valence-corrected chi connectivity index (χ1v) is 14.2. The number of hydrogen-bond acceptors (Lipinski definition) is 7. The second-order valence-electron chi connectivity index (χ2n) is 11.3. The molecular formula is C29H46N6O. The molecule has 2 aromatic rings. The normalized spacial score (nSPS) is 22.5. The molecule has 198 valence electrons. The summed E-state index contributed by atoms with van der Waals surface area (Å²) in [4.78, 5) is 17.0. The van der Waals surface area contributed by atoms with Crippen molar-refractivity contribution in [2.45, 2.75) is 110 Å². The Labute approximate surface area is 217 Å². The Hall–Kier alpha value is -2.25. The van der Waals surface area contributed by atoms with E-state index in [4.69, 9.17) is 9.97 Å². The number of aromatic nitrogens is 3. The maximum atomic E-state index is 9.92. The van der Waals surface area contributed by atoms with Gasteiger partial charge in [0.1, 0.15) is 5.82 Å². The molecule has 0 spiro atoms. The van der Waals surface area contributed by atoms with Crippen LogP contribution in [0.15, 0.2) is 24.5 Å². The summed E-state index contributed by atoms with van der Waals surface area (Å²) in [7, 11) is 0. The lowest BCUT2D eigenvalue weighted by Crippen LogP contribution is -2.38. The van der Waals surface area contributed by atoms with Crippen molar-refractivity contribution in [3.8, 4) is 11.3 Å². The van der Waals surface area contributed by atoms with Crippen LogP contribution in [0.1, 0.15) is 84.6 Å². The fraction of sp³-hybridized carbons (Fsp3) is 0.690. The van der Waals surface area contributed by atoms with Gasteiger partial charge < -0.3 is 20.6 Å². The van der Waals surface area contributed by atoms with Crippen molar-refractivity contribution in [2.75, 3.05) is 23.7 Å². The maximum absolute atomic E-state index is 9.92. The number of hydrogen-bond donors (Lipinski definition) is 3. The molecule has 3 N–H and O–H groups in total. The maximum Gasteiger partial charge on any atom is 0.224 e. The highest BCUT2D eigenvalue weighted by atomic mass is 16.3. The minimum atomic E-state index is -0.174. The predicted octanol–water partition coefficient (Wildman–Crippen LogP) is 5.52. The zero-order valence-corrected chi connectivity index (χ0v) is 22.7. The summed E-state index contributed by atoms with van der Waals surface area (Å²) >= 11 is 0. The van der Waals surface area contributed by atoms with Crippen LogP contribution in [0.5, 0.6) is 0 Å². The van der Waals surface area contributed by atoms with E-state index in [0.717, 1.165) is 67.9 Å². The minimum Gasteiger partial charge on any atom is -0.393 e. The third-order valence-electron chi connectivity index (χ3n) is 7.93. The number of aliphatic hydroxyl groups is 1. The van der Waals surface area contributed by atoms with Crippen molar-refractivity contribution < 1.29 is 5.11 Å². The Morgan fingerprint density at radius 3 is 2.39 bits per heavy atom. The van der Waals surface area contributed by atoms with E-state index in [1.54, 1.807) is 0 Å². The van der Waals surface area contributed by atoms with E-state index in [0.29, 0.717) is 24.1 Å². The Kier molecular flexibility index (Phi) is 9.54. The topological polar surface area (TPSA) is 86.2 Å². The highest BCUT2D eigenvalue weighted by Crippen LogP contribution is 2.30. The van der Waals surface area contributed by atoms with Crippen LogP contribution in [-0.4, -0.2) is 62.3 Å². The first-order valence-electron chi connectivity index (χ1n) is 14.2. The van der Waals surface area contributed by atoms with E-state index in [-0.39, 0.29) is 6.10 Å². The number of anilines is 2. The van der Waals surface area contributed by atoms with Gasteiger partial charge in [0.2, 0.25) is 5.95 Å². The van der Waals surface area contributed by atoms with E-state index in [1.165, 1.54) is 31.5 Å². The van der Waals surface area contributed by atoms with Crippen molar-refractivity contribution in [1.82, 2.24) is 19.9 Å². The Morgan fingerprint density at radius 1 is 1.00 bits per heavy atom. The highest BCUT2D eigenvalue weighted by Gasteiger charge is 2.23. The van der Waals surface area contributed by atoms with Gasteiger partial charge in [-0.3, -0.25) is 4.98 Å². The lowest BCUT2D eigenvalue weighted by Gasteiger charge is -2.34. The molecule has 2 aromatic heterocycles. The third kappa shape index (κ3) is 7.39. The molecule has 1 atom stereocenters. The van der Waals surface area contributed by atoms with Crippen LogP contribution >= 0.6 is 0 Å². The van der Waals surface area contributed by atoms with Gasteiger partial charge in [-0.25, -0.2) is 4.98 Å². The zero-order chi connectivity index (χ0) is 25.5. The number of piperidine rings is 1. The quantitative estimate of drug-likeness (QED) is 0.401. The first kappa shape index (κ1) is 26.8. The molecule has 0 aromatic carbocycles. The average Bonchev–Trinajstić information content (AvgIpc) is 2.87. The highest BCUT2D eigenvalue weighted by molar-refractivity contribution is 5.73. The van der Waals surface area contributed by atoms with Crippen molar-refractivity contribution in [1.29, 1.82) is 0 Å². The van der Waals surface area contributed by atoms with E-state index in [9.17, 15) is 5.11 Å². The summed E-state index contributed by atoms with van der Waals surface area (Å²) < 4.78 is 0. The summed E-state index contributed by atoms with van der Waals surface area (Å²) in [5, 5.41) is 17.0. The molecule has 7 nitrogen and oxygen atoms in total. The monoisotopic (exact) mass is 494 g/mol. The summed E-state index contributed by atoms with van der Waals surface area (Å²) in [5.41, 5.74) is 3.15. The van der Waals surface area contributed by atoms with Crippen LogP contribution in [0.2, 0.25) is 0 Å². The van der Waals surface area contributed by atoms with Crippen LogP contribution < -0.4 is 10.6 Å². The molecule has 36 heavy (non-hydrogen) atoms. The number of rotatable bonds is 10. The predicted molar refractivity (Wildman–Crippen MR) is 148 cm³/mol. The van der Waals surface area contributed by atoms with Gasteiger partial charge in [-0.15, -0.1) is 0 Å². The lowest BCUT2D eigenvalue weighted by atomic mass is 9.90. The minimum absolute atomic E-state index is 0.174. The number of nitrogens with zero attached hydrogens (tertiary/aromatic N) is 4. The number of aliphatic hydroxyl groups excluding tert-OH is 1. The lowest BCUT2D eigenvalue weighted by molar-refractivity contribution is 0.126. The molecule has 4 rings (SSSR count). The first-order chi connectivity index (χ1) is 17.4. The van der Waals surface area contributed by atoms with Crippen LogP contribution in [0, 0.1) is 5.92 Å². The number of pyridine rings is 1. The molecule has 1 unspecified atom stereocenters. The Morgan fingerprint density at radius 2 is 1.75 bits per heavy atom. The van der Waals surface area contributed by atoms with Gasteiger partial charge >= 0.3 is 0 Å². The van der Waals surface area contributed by atoms with Crippen molar-refractivity contribution in [3.05, 3.63) is 30.1 Å². The molecular weight excluding hydrogens is 448 g/mol. The van der Waals surface area contributed by atoms with E-state index < -0.39 is 0 Å². The number of nitrogens with one attached hydrogen (secondary N) is 2. The summed E-state index contributed by atoms with van der Waals surface area (Å²) in [6.07, 6.45) is 13.2. The van der Waals surface area contributed by atoms with E-state index in [1.807, 2.05) is 12.4 Å². The SMILES string of the molecule is CCCC(C)Nc1ncc(-c2ccc(CC3CCN(C(C)C)CC3)cn2)c(NC2CCC(O)CC2)n1. The van der Waals surface area contributed by atoms with Crippen molar-refractivity contribution in [2.24, 2.45) is 5.92 Å². The second-order valence-corrected chi connectivity index (χ2v) is 11.3. The zero-order valence-electron chi connectivity index (χ0n) is 22.7. The molecule has 3 heterocycles. The molecule has 2 aliphatic rings. The molecule has 0 radical (unpaired) electrons. The second kappa shape index (κ2) is 12.8. The summed E-state index contributed by atoms with van der Waals surface area (Å²) in [6, 6.07) is 5.63. The molecule has 7 heteroatoms. The van der Waals surface area contributed by atoms with E-state index >= 15 is 0 Å². The van der Waals surface area contributed by atoms with Gasteiger partial charge in [0.25, 0.3) is 0 Å². The van der Waals surface area contributed by atoms with E-state index in [2.05, 4.69) is 60.3 Å². The van der Waals surface area contributed by atoms with Crippen LogP contribution in [0.25, 0.3) is 11.3 Å². The fourth-order valence-corrected chi connectivity index (χ4v) is 5.60. The average molecular weight is 495 g/mol. The largest absolute Gasteiger partial charge is 0.393 e. The van der Waals surface area contributed by atoms with Crippen molar-refractivity contribution in [3.63, 3.8) is 0 Å². The van der Waals surface area contributed by atoms with Gasteiger partial charge in [0.15, 0.2) is 0 Å². The third-order valence-corrected chi connectivity index (χ3v) is 7.93. The molecule has 1 saturated heterocycles. The van der Waals surface area contributed by atoms with Gasteiger partial charge in [-0.2, -0.15) is 4.98 Å². The molecule has 1 aliphatic carbocycles. The molecule has 0 bridgehead atoms. The van der Waals surface area contributed by atoms with Crippen molar-refractivity contribution >= 4 is 11.8 Å². The molecule has 1 aliphatic heterocycles. The van der Waals surface area contributed by atoms with Gasteiger partial charge in [0.05, 0.1) is 17.4 Å². The standard InChI is InChI=1S/C29H46N6O/c1-5-6-21(4)32-29-31-19-26(28(34-29)33-24-8-10-25(36)11-9-24)27-12-7-23(18-30-27)17-22-13-15-35(16-14-22)20(2)3/h7,12,18-22,24-25,36H,5-6,8-11,13-17H2,1-4H3,(H2,31,32,33,34). The smallest absolute Gasteiger partial charge is 0.224 e. The van der Waals surface area contributed by atoms with Crippen LogP contribution in [-0.2, 0) is 6.42 Å². The Bertz CT molecular complexity index is 933. The summed E-state index contributed by atoms with van der Waals surface area (Å²) in [6.45, 7) is 11.4. The van der Waals surface area contributed by atoms with Crippen LogP contribution in [0.3, 0.4) is 0 Å². The Balaban J connectivity index is 1.47. The van der Waals surface area contributed by atoms with Gasteiger partial charge in [-0.05, 0) is 103 Å². The molecule has 0 amide bonds. The number of likely N-dealkylation sites (tertiary alicyclic amines) is 1. The van der Waals surface area contributed by atoms with Crippen LogP contribution in [0.4, 0.5) is 11.8 Å². The summed E-state index contributed by atoms with van der Waals surface area (Å²) in [5.74, 6) is 2.23. The molecule has 1 saturated carbocycles. The van der Waals surface area contributed by atoms with Gasteiger partial charge in [0, 0.05) is 30.5 Å².